The summed E-state index contributed by atoms with van der Waals surface area (Å²) in [5.41, 5.74) is 9.51. The molecule has 0 unspecified atom stereocenters. The lowest BCUT2D eigenvalue weighted by Crippen LogP contribution is -2.09. The predicted molar refractivity (Wildman–Crippen MR) is 73.6 cm³/mol. The molecular formula is C15H15N3. The van der Waals surface area contributed by atoms with E-state index in [0.29, 0.717) is 12.1 Å². The summed E-state index contributed by atoms with van der Waals surface area (Å²) in [6, 6.07) is 17.8. The predicted octanol–water partition coefficient (Wildman–Crippen LogP) is 2.78. The van der Waals surface area contributed by atoms with Crippen LogP contribution in [0.25, 0.3) is 0 Å². The van der Waals surface area contributed by atoms with Crippen LogP contribution in [0.5, 0.6) is 0 Å². The molecule has 0 bridgehead atoms. The number of nitriles is 1. The van der Waals surface area contributed by atoms with E-state index in [-0.39, 0.29) is 0 Å². The highest BCUT2D eigenvalue weighted by Gasteiger charge is 2.03. The number of hydrogen-bond acceptors (Lipinski definition) is 3. The van der Waals surface area contributed by atoms with Crippen LogP contribution in [0.15, 0.2) is 48.5 Å². The van der Waals surface area contributed by atoms with Crippen LogP contribution in [-0.2, 0) is 6.54 Å². The van der Waals surface area contributed by atoms with E-state index in [1.54, 1.807) is 0 Å². The highest BCUT2D eigenvalue weighted by molar-refractivity contribution is 5.63. The van der Waals surface area contributed by atoms with Crippen molar-refractivity contribution < 1.29 is 0 Å². The number of benzene rings is 2. The van der Waals surface area contributed by atoms with E-state index in [2.05, 4.69) is 11.0 Å². The summed E-state index contributed by atoms with van der Waals surface area (Å²) < 4.78 is 0. The molecule has 0 aromatic heterocycles. The maximum Gasteiger partial charge on any atom is 0.0991 e. The van der Waals surface area contributed by atoms with Crippen molar-refractivity contribution in [2.24, 2.45) is 5.73 Å². The van der Waals surface area contributed by atoms with Crippen molar-refractivity contribution in [1.82, 2.24) is 0 Å². The number of anilines is 2. The number of nitrogens with zero attached hydrogens (tertiary/aromatic N) is 2. The van der Waals surface area contributed by atoms with Gasteiger partial charge in [-0.05, 0) is 42.0 Å². The molecule has 0 fully saturated rings. The fourth-order valence-electron chi connectivity index (χ4n) is 1.76. The van der Waals surface area contributed by atoms with Gasteiger partial charge >= 0.3 is 0 Å². The lowest BCUT2D eigenvalue weighted by atomic mass is 10.1. The summed E-state index contributed by atoms with van der Waals surface area (Å²) in [5, 5.41) is 8.77. The third kappa shape index (κ3) is 2.50. The minimum absolute atomic E-state index is 0.556. The summed E-state index contributed by atoms with van der Waals surface area (Å²) in [6.45, 7) is 0.556. The summed E-state index contributed by atoms with van der Waals surface area (Å²) in [4.78, 5) is 2.07. The molecule has 0 amide bonds. The Hall–Kier alpha value is -2.31. The first-order chi connectivity index (χ1) is 8.74. The van der Waals surface area contributed by atoms with E-state index in [9.17, 15) is 0 Å². The van der Waals surface area contributed by atoms with E-state index in [0.717, 1.165) is 16.9 Å². The van der Waals surface area contributed by atoms with E-state index in [1.165, 1.54) is 0 Å². The number of nitrogens with two attached hydrogens (primary N) is 1. The highest BCUT2D eigenvalue weighted by Crippen LogP contribution is 2.23. The zero-order chi connectivity index (χ0) is 13.0. The van der Waals surface area contributed by atoms with Crippen LogP contribution < -0.4 is 10.6 Å². The molecule has 0 saturated carbocycles. The van der Waals surface area contributed by atoms with Gasteiger partial charge in [-0.15, -0.1) is 0 Å². The monoisotopic (exact) mass is 237 g/mol. The van der Waals surface area contributed by atoms with Crippen LogP contribution in [0.2, 0.25) is 0 Å². The first-order valence-corrected chi connectivity index (χ1v) is 5.77. The lowest BCUT2D eigenvalue weighted by molar-refractivity contribution is 1.07. The van der Waals surface area contributed by atoms with Gasteiger partial charge in [-0.3, -0.25) is 0 Å². The zero-order valence-corrected chi connectivity index (χ0v) is 10.3. The van der Waals surface area contributed by atoms with Crippen LogP contribution in [0.4, 0.5) is 11.4 Å². The number of hydrogen-bond donors (Lipinski definition) is 1. The molecule has 18 heavy (non-hydrogen) atoms. The maximum atomic E-state index is 8.77. The molecule has 2 rings (SSSR count). The molecule has 0 radical (unpaired) electrons. The van der Waals surface area contributed by atoms with Crippen LogP contribution in [-0.4, -0.2) is 7.05 Å². The van der Waals surface area contributed by atoms with Crippen molar-refractivity contribution in [3.05, 3.63) is 59.7 Å². The van der Waals surface area contributed by atoms with E-state index in [1.807, 2.05) is 55.6 Å². The minimum Gasteiger partial charge on any atom is -0.345 e. The lowest BCUT2D eigenvalue weighted by Gasteiger charge is -2.19. The van der Waals surface area contributed by atoms with Crippen molar-refractivity contribution in [2.75, 3.05) is 11.9 Å². The average Bonchev–Trinajstić information content (AvgIpc) is 2.47. The smallest absolute Gasteiger partial charge is 0.0991 e. The Kier molecular flexibility index (Phi) is 3.61. The van der Waals surface area contributed by atoms with Gasteiger partial charge in [0.15, 0.2) is 0 Å². The zero-order valence-electron chi connectivity index (χ0n) is 10.3. The molecule has 0 aliphatic heterocycles. The van der Waals surface area contributed by atoms with Gasteiger partial charge in [-0.25, -0.2) is 0 Å². The van der Waals surface area contributed by atoms with Crippen LogP contribution in [0.3, 0.4) is 0 Å². The third-order valence-electron chi connectivity index (χ3n) is 2.94. The topological polar surface area (TPSA) is 53.0 Å². The Bertz CT molecular complexity index is 550. The van der Waals surface area contributed by atoms with Gasteiger partial charge in [0.25, 0.3) is 0 Å². The van der Waals surface area contributed by atoms with Crippen molar-refractivity contribution in [3.63, 3.8) is 0 Å². The van der Waals surface area contributed by atoms with Gasteiger partial charge in [-0.2, -0.15) is 5.26 Å². The molecule has 2 aromatic rings. The molecule has 0 saturated heterocycles. The molecule has 0 aliphatic rings. The summed E-state index contributed by atoms with van der Waals surface area (Å²) >= 11 is 0. The normalized spacial score (nSPS) is 9.83. The molecule has 0 spiro atoms. The Morgan fingerprint density at radius 3 is 1.94 bits per heavy atom. The van der Waals surface area contributed by atoms with Crippen molar-refractivity contribution in [1.29, 1.82) is 5.26 Å². The van der Waals surface area contributed by atoms with Crippen molar-refractivity contribution in [3.8, 4) is 6.07 Å². The van der Waals surface area contributed by atoms with Gasteiger partial charge in [0, 0.05) is 25.0 Å². The second-order valence-corrected chi connectivity index (χ2v) is 4.09. The fraction of sp³-hybridized carbons (Fsp3) is 0.133. The van der Waals surface area contributed by atoms with Crippen molar-refractivity contribution in [2.45, 2.75) is 6.54 Å². The standard InChI is InChI=1S/C15H15N3/c1-18(14-6-2-12(10-16)3-7-14)15-8-4-13(11-17)5-9-15/h2-9H,10,16H2,1H3. The van der Waals surface area contributed by atoms with Crippen LogP contribution in [0.1, 0.15) is 11.1 Å². The van der Waals surface area contributed by atoms with Gasteiger partial charge in [-0.1, -0.05) is 12.1 Å². The first-order valence-electron chi connectivity index (χ1n) is 5.77. The van der Waals surface area contributed by atoms with Gasteiger partial charge in [0.05, 0.1) is 11.6 Å². The second kappa shape index (κ2) is 5.35. The largest absolute Gasteiger partial charge is 0.345 e. The summed E-state index contributed by atoms with van der Waals surface area (Å²) in [6.07, 6.45) is 0. The van der Waals surface area contributed by atoms with Crippen LogP contribution in [0, 0.1) is 11.3 Å². The second-order valence-electron chi connectivity index (χ2n) is 4.09. The molecule has 2 aromatic carbocycles. The minimum atomic E-state index is 0.556. The Morgan fingerprint density at radius 2 is 1.50 bits per heavy atom. The molecule has 90 valence electrons. The number of rotatable bonds is 3. The first kappa shape index (κ1) is 12.2. The maximum absolute atomic E-state index is 8.77. The summed E-state index contributed by atoms with van der Waals surface area (Å²) in [7, 11) is 2.00. The van der Waals surface area contributed by atoms with Crippen molar-refractivity contribution >= 4 is 11.4 Å². The third-order valence-corrected chi connectivity index (χ3v) is 2.94. The molecule has 0 heterocycles. The Balaban J connectivity index is 2.23. The van der Waals surface area contributed by atoms with E-state index >= 15 is 0 Å². The van der Waals surface area contributed by atoms with Gasteiger partial charge in [0.1, 0.15) is 0 Å². The fourth-order valence-corrected chi connectivity index (χ4v) is 1.76. The highest BCUT2D eigenvalue weighted by atomic mass is 15.1. The van der Waals surface area contributed by atoms with Crippen LogP contribution >= 0.6 is 0 Å². The molecule has 0 atom stereocenters. The quantitative estimate of drug-likeness (QED) is 0.893. The molecule has 3 nitrogen and oxygen atoms in total. The Morgan fingerprint density at radius 1 is 1.00 bits per heavy atom. The molecule has 2 N–H and O–H groups in total. The molecular weight excluding hydrogens is 222 g/mol. The average molecular weight is 237 g/mol. The Labute approximate surface area is 107 Å². The van der Waals surface area contributed by atoms with Gasteiger partial charge in [0.2, 0.25) is 0 Å². The summed E-state index contributed by atoms with van der Waals surface area (Å²) in [5.74, 6) is 0. The molecule has 3 heteroatoms. The van der Waals surface area contributed by atoms with E-state index in [4.69, 9.17) is 11.0 Å². The molecule has 0 aliphatic carbocycles. The van der Waals surface area contributed by atoms with E-state index < -0.39 is 0 Å². The SMILES string of the molecule is CN(c1ccc(C#N)cc1)c1ccc(CN)cc1. The van der Waals surface area contributed by atoms with Gasteiger partial charge < -0.3 is 10.6 Å².